The van der Waals surface area contributed by atoms with Crippen LogP contribution in [0.5, 0.6) is 5.75 Å². The van der Waals surface area contributed by atoms with Gasteiger partial charge in [-0.2, -0.15) is 0 Å². The fraction of sp³-hybridized carbons (Fsp3) is 0.391. The van der Waals surface area contributed by atoms with Crippen LogP contribution in [0.15, 0.2) is 36.5 Å². The molecule has 0 unspecified atom stereocenters. The van der Waals surface area contributed by atoms with Crippen molar-refractivity contribution in [2.24, 2.45) is 0 Å². The number of rotatable bonds is 4. The van der Waals surface area contributed by atoms with Gasteiger partial charge in [-0.3, -0.25) is 0 Å². The molecular weight excluding hydrogens is 431 g/mol. The Morgan fingerprint density at radius 2 is 1.75 bits per heavy atom. The highest BCUT2D eigenvalue weighted by Crippen LogP contribution is 2.35. The minimum Gasteiger partial charge on any atom is -0.494 e. The maximum Gasteiger partial charge on any atom is 0.165 e. The normalized spacial score (nSPS) is 18.3. The zero-order chi connectivity index (χ0) is 22.3. The fourth-order valence-corrected chi connectivity index (χ4v) is 5.60. The monoisotopic (exact) mass is 456 g/mol. The molecular formula is C23H25FN4O3S. The molecule has 4 heterocycles. The maximum absolute atomic E-state index is 14.5. The van der Waals surface area contributed by atoms with Crippen LogP contribution in [0.4, 0.5) is 15.9 Å². The predicted molar refractivity (Wildman–Crippen MR) is 124 cm³/mol. The van der Waals surface area contributed by atoms with Gasteiger partial charge >= 0.3 is 0 Å². The number of methoxy groups -OCH3 is 1. The lowest BCUT2D eigenvalue weighted by Crippen LogP contribution is -2.40. The number of halogens is 1. The Bertz CT molecular complexity index is 1240. The molecule has 2 saturated heterocycles. The Morgan fingerprint density at radius 3 is 2.41 bits per heavy atom. The van der Waals surface area contributed by atoms with Crippen molar-refractivity contribution in [3.05, 3.63) is 42.3 Å². The number of ether oxygens (including phenoxy) is 1. The molecule has 2 aliphatic heterocycles. The summed E-state index contributed by atoms with van der Waals surface area (Å²) in [5, 5.41) is 0.632. The van der Waals surface area contributed by atoms with Gasteiger partial charge in [-0.05, 0) is 37.1 Å². The summed E-state index contributed by atoms with van der Waals surface area (Å²) in [5.41, 5.74) is 2.91. The van der Waals surface area contributed by atoms with E-state index < -0.39 is 15.7 Å². The standard InChI is InChI=1S/C23H25FN4O3S/c1-31-22-14-20-17(12-18(22)24)21(27-8-10-32(29,30)11-9-27)13-19(26-20)16-4-5-23(25-15-16)28-6-2-3-7-28/h4-5,12-15H,2-3,6-11H2,1H3. The van der Waals surface area contributed by atoms with Crippen LogP contribution in [0.3, 0.4) is 0 Å². The number of sulfone groups is 1. The van der Waals surface area contributed by atoms with E-state index in [-0.39, 0.29) is 17.3 Å². The molecule has 9 heteroatoms. The van der Waals surface area contributed by atoms with E-state index in [1.807, 2.05) is 29.3 Å². The first-order chi connectivity index (χ1) is 15.4. The zero-order valence-corrected chi connectivity index (χ0v) is 18.7. The summed E-state index contributed by atoms with van der Waals surface area (Å²) in [6, 6.07) is 8.91. The van der Waals surface area contributed by atoms with Gasteiger partial charge in [0.15, 0.2) is 21.4 Å². The van der Waals surface area contributed by atoms with E-state index in [0.29, 0.717) is 29.7 Å². The first-order valence-corrected chi connectivity index (χ1v) is 12.6. The van der Waals surface area contributed by atoms with Gasteiger partial charge in [-0.15, -0.1) is 0 Å². The molecule has 0 radical (unpaired) electrons. The maximum atomic E-state index is 14.5. The molecule has 0 saturated carbocycles. The number of hydrogen-bond donors (Lipinski definition) is 0. The quantitative estimate of drug-likeness (QED) is 0.596. The second kappa shape index (κ2) is 8.20. The summed E-state index contributed by atoms with van der Waals surface area (Å²) in [6.45, 7) is 2.77. The average molecular weight is 457 g/mol. The average Bonchev–Trinajstić information content (AvgIpc) is 3.33. The van der Waals surface area contributed by atoms with E-state index in [4.69, 9.17) is 9.72 Å². The van der Waals surface area contributed by atoms with Gasteiger partial charge in [0.25, 0.3) is 0 Å². The van der Waals surface area contributed by atoms with Gasteiger partial charge in [-0.25, -0.2) is 22.8 Å². The number of benzene rings is 1. The van der Waals surface area contributed by atoms with Crippen molar-refractivity contribution in [1.82, 2.24) is 9.97 Å². The van der Waals surface area contributed by atoms with Crippen LogP contribution in [-0.2, 0) is 9.84 Å². The summed E-state index contributed by atoms with van der Waals surface area (Å²) in [7, 11) is -1.61. The number of fused-ring (bicyclic) bond motifs is 1. The Balaban J connectivity index is 1.59. The second-order valence-electron chi connectivity index (χ2n) is 8.27. The van der Waals surface area contributed by atoms with Crippen molar-refractivity contribution in [2.75, 3.05) is 54.6 Å². The summed E-state index contributed by atoms with van der Waals surface area (Å²) in [5.74, 6) is 0.763. The Morgan fingerprint density at radius 1 is 1.00 bits per heavy atom. The van der Waals surface area contributed by atoms with Crippen LogP contribution >= 0.6 is 0 Å². The van der Waals surface area contributed by atoms with Gasteiger partial charge < -0.3 is 14.5 Å². The van der Waals surface area contributed by atoms with Gasteiger partial charge in [0.2, 0.25) is 0 Å². The molecule has 2 aliphatic rings. The molecule has 0 bridgehead atoms. The molecule has 0 amide bonds. The van der Waals surface area contributed by atoms with Crippen molar-refractivity contribution in [1.29, 1.82) is 0 Å². The summed E-state index contributed by atoms with van der Waals surface area (Å²) in [6.07, 6.45) is 4.18. The largest absolute Gasteiger partial charge is 0.494 e. The number of nitrogens with zero attached hydrogens (tertiary/aromatic N) is 4. The number of pyridine rings is 2. The van der Waals surface area contributed by atoms with Gasteiger partial charge in [-0.1, -0.05) is 0 Å². The Kier molecular flexibility index (Phi) is 5.36. The Labute approximate surface area is 186 Å². The lowest BCUT2D eigenvalue weighted by Gasteiger charge is -2.30. The summed E-state index contributed by atoms with van der Waals surface area (Å²) >= 11 is 0. The van der Waals surface area contributed by atoms with E-state index in [0.717, 1.165) is 30.2 Å². The van der Waals surface area contributed by atoms with Crippen molar-refractivity contribution < 1.29 is 17.5 Å². The van der Waals surface area contributed by atoms with Crippen molar-refractivity contribution in [2.45, 2.75) is 12.8 Å². The van der Waals surface area contributed by atoms with Crippen LogP contribution < -0.4 is 14.5 Å². The minimum atomic E-state index is -3.04. The minimum absolute atomic E-state index is 0.0802. The Hall–Kier alpha value is -2.94. The van der Waals surface area contributed by atoms with Gasteiger partial charge in [0.05, 0.1) is 29.8 Å². The molecule has 1 aromatic carbocycles. The van der Waals surface area contributed by atoms with Crippen molar-refractivity contribution >= 4 is 32.2 Å². The van der Waals surface area contributed by atoms with E-state index in [1.54, 1.807) is 6.07 Å². The molecule has 0 aliphatic carbocycles. The van der Waals surface area contributed by atoms with Crippen molar-refractivity contribution in [3.8, 4) is 17.0 Å². The SMILES string of the molecule is COc1cc2nc(-c3ccc(N4CCCC4)nc3)cc(N3CCS(=O)(=O)CC3)c2cc1F. The van der Waals surface area contributed by atoms with Crippen LogP contribution in [0, 0.1) is 5.82 Å². The van der Waals surface area contributed by atoms with Gasteiger partial charge in [0.1, 0.15) is 5.82 Å². The lowest BCUT2D eigenvalue weighted by molar-refractivity contribution is 0.387. The molecule has 168 valence electrons. The topological polar surface area (TPSA) is 75.6 Å². The van der Waals surface area contributed by atoms with E-state index in [1.165, 1.54) is 26.0 Å². The van der Waals surface area contributed by atoms with Crippen LogP contribution in [-0.4, -0.2) is 63.2 Å². The molecule has 2 aromatic heterocycles. The molecule has 5 rings (SSSR count). The fourth-order valence-electron chi connectivity index (χ4n) is 4.40. The second-order valence-corrected chi connectivity index (χ2v) is 10.6. The predicted octanol–water partition coefficient (Wildman–Crippen LogP) is 3.28. The molecule has 7 nitrogen and oxygen atoms in total. The van der Waals surface area contributed by atoms with Crippen LogP contribution in [0.25, 0.3) is 22.2 Å². The van der Waals surface area contributed by atoms with Crippen LogP contribution in [0.1, 0.15) is 12.8 Å². The molecule has 0 N–H and O–H groups in total. The lowest BCUT2D eigenvalue weighted by atomic mass is 10.1. The van der Waals surface area contributed by atoms with E-state index in [9.17, 15) is 12.8 Å². The third-order valence-electron chi connectivity index (χ3n) is 6.22. The number of anilines is 2. The molecule has 3 aromatic rings. The molecule has 0 spiro atoms. The third-order valence-corrected chi connectivity index (χ3v) is 7.83. The first kappa shape index (κ1) is 20.9. The third kappa shape index (κ3) is 3.97. The van der Waals surface area contributed by atoms with E-state index in [2.05, 4.69) is 9.88 Å². The van der Waals surface area contributed by atoms with Crippen LogP contribution in [0.2, 0.25) is 0 Å². The smallest absolute Gasteiger partial charge is 0.165 e. The highest BCUT2D eigenvalue weighted by molar-refractivity contribution is 7.91. The molecule has 32 heavy (non-hydrogen) atoms. The number of hydrogen-bond acceptors (Lipinski definition) is 7. The van der Waals surface area contributed by atoms with Crippen molar-refractivity contribution in [3.63, 3.8) is 0 Å². The van der Waals surface area contributed by atoms with Gasteiger partial charge in [0, 0.05) is 55.1 Å². The number of aromatic nitrogens is 2. The molecule has 0 atom stereocenters. The molecule has 2 fully saturated rings. The summed E-state index contributed by atoms with van der Waals surface area (Å²) < 4.78 is 43.5. The first-order valence-electron chi connectivity index (χ1n) is 10.8. The zero-order valence-electron chi connectivity index (χ0n) is 17.9. The van der Waals surface area contributed by atoms with E-state index >= 15 is 0 Å². The highest BCUT2D eigenvalue weighted by atomic mass is 32.2. The summed E-state index contributed by atoms with van der Waals surface area (Å²) in [4.78, 5) is 13.7. The highest BCUT2D eigenvalue weighted by Gasteiger charge is 2.24.